The van der Waals surface area contributed by atoms with Crippen LogP contribution in [0.3, 0.4) is 0 Å². The van der Waals surface area contributed by atoms with Crippen LogP contribution < -0.4 is 9.62 Å². The van der Waals surface area contributed by atoms with Crippen molar-refractivity contribution in [1.82, 2.24) is 0 Å². The van der Waals surface area contributed by atoms with E-state index in [4.69, 9.17) is 0 Å². The summed E-state index contributed by atoms with van der Waals surface area (Å²) in [6.45, 7) is 1.20. The zero-order valence-corrected chi connectivity index (χ0v) is 15.7. The van der Waals surface area contributed by atoms with Gasteiger partial charge in [0.2, 0.25) is 0 Å². The number of aryl methyl sites for hydroxylation is 1. The van der Waals surface area contributed by atoms with Crippen LogP contribution in [0.4, 0.5) is 11.4 Å². The van der Waals surface area contributed by atoms with E-state index in [0.717, 1.165) is 18.4 Å². The van der Waals surface area contributed by atoms with E-state index in [-0.39, 0.29) is 4.90 Å². The summed E-state index contributed by atoms with van der Waals surface area (Å²) in [4.78, 5) is 22.9. The molecule has 2 aromatic rings. The summed E-state index contributed by atoms with van der Waals surface area (Å²) < 4.78 is 32.1. The van der Waals surface area contributed by atoms with Crippen LogP contribution in [0.5, 0.6) is 0 Å². The van der Waals surface area contributed by atoms with Crippen molar-refractivity contribution in [3.63, 3.8) is 0 Å². The molecule has 0 aromatic heterocycles. The molecule has 0 radical (unpaired) electrons. The number of carbonyl (C=O) groups is 2. The maximum absolute atomic E-state index is 13.0. The molecule has 1 aliphatic heterocycles. The fourth-order valence-electron chi connectivity index (χ4n) is 2.95. The van der Waals surface area contributed by atoms with Gasteiger partial charge in [-0.1, -0.05) is 24.3 Å². The number of hydrogen-bond donors (Lipinski definition) is 1. The largest absolute Gasteiger partial charge is 0.456 e. The van der Waals surface area contributed by atoms with Gasteiger partial charge in [0.1, 0.15) is 0 Å². The average Bonchev–Trinajstić information content (AvgIpc) is 2.66. The highest BCUT2D eigenvalue weighted by atomic mass is 32.2. The number of ether oxygens (including phenoxy) is 1. The smallest absolute Gasteiger partial charge is 0.303 e. The minimum absolute atomic E-state index is 0.224. The SMILES string of the molecule is CC(=O)OCC(=O)Nc1ccc2c(c1)N(S(=O)(=O)c1ccccc1)CCC2. The van der Waals surface area contributed by atoms with Crippen molar-refractivity contribution in [3.8, 4) is 0 Å². The molecule has 2 aromatic carbocycles. The highest BCUT2D eigenvalue weighted by Crippen LogP contribution is 2.34. The molecular weight excluding hydrogens is 368 g/mol. The van der Waals surface area contributed by atoms with Gasteiger partial charge in [-0.05, 0) is 42.7 Å². The van der Waals surface area contributed by atoms with Crippen LogP contribution in [-0.2, 0) is 30.8 Å². The van der Waals surface area contributed by atoms with E-state index >= 15 is 0 Å². The second kappa shape index (κ2) is 7.79. The Morgan fingerprint density at radius 1 is 1.15 bits per heavy atom. The Balaban J connectivity index is 1.88. The predicted molar refractivity (Wildman–Crippen MR) is 101 cm³/mol. The molecule has 1 N–H and O–H groups in total. The van der Waals surface area contributed by atoms with Gasteiger partial charge < -0.3 is 10.1 Å². The van der Waals surface area contributed by atoms with Crippen molar-refractivity contribution in [2.24, 2.45) is 0 Å². The van der Waals surface area contributed by atoms with E-state index in [1.54, 1.807) is 42.5 Å². The number of amides is 1. The molecule has 7 nitrogen and oxygen atoms in total. The van der Waals surface area contributed by atoms with Gasteiger partial charge in [-0.25, -0.2) is 8.42 Å². The second-order valence-corrected chi connectivity index (χ2v) is 8.03. The summed E-state index contributed by atoms with van der Waals surface area (Å²) in [6.07, 6.45) is 1.48. The van der Waals surface area contributed by atoms with Gasteiger partial charge in [0.15, 0.2) is 6.61 Å². The monoisotopic (exact) mass is 388 g/mol. The predicted octanol–water partition coefficient (Wildman–Crippen LogP) is 2.33. The minimum atomic E-state index is -3.69. The molecular formula is C19H20N2O5S. The normalized spacial score (nSPS) is 13.6. The van der Waals surface area contributed by atoms with Crippen molar-refractivity contribution >= 4 is 33.3 Å². The highest BCUT2D eigenvalue weighted by molar-refractivity contribution is 7.92. The first-order chi connectivity index (χ1) is 12.9. The second-order valence-electron chi connectivity index (χ2n) is 6.17. The molecule has 1 amide bonds. The molecule has 8 heteroatoms. The number of anilines is 2. The number of nitrogens with zero attached hydrogens (tertiary/aromatic N) is 1. The third-order valence-electron chi connectivity index (χ3n) is 4.18. The van der Waals surface area contributed by atoms with Gasteiger partial charge in [0.05, 0.1) is 10.6 Å². The Hall–Kier alpha value is -2.87. The molecule has 0 unspecified atom stereocenters. The van der Waals surface area contributed by atoms with Crippen molar-refractivity contribution in [3.05, 3.63) is 54.1 Å². The van der Waals surface area contributed by atoms with Gasteiger partial charge >= 0.3 is 5.97 Å². The summed E-state index contributed by atoms with van der Waals surface area (Å²) in [5, 5.41) is 2.62. The fraction of sp³-hybridized carbons (Fsp3) is 0.263. The van der Waals surface area contributed by atoms with E-state index < -0.39 is 28.5 Å². The highest BCUT2D eigenvalue weighted by Gasteiger charge is 2.29. The van der Waals surface area contributed by atoms with Gasteiger partial charge in [-0.3, -0.25) is 13.9 Å². The van der Waals surface area contributed by atoms with Gasteiger partial charge in [0.25, 0.3) is 15.9 Å². The standard InChI is InChI=1S/C19H20N2O5S/c1-14(22)26-13-19(23)20-16-10-9-15-6-5-11-21(18(15)12-16)27(24,25)17-7-3-2-4-8-17/h2-4,7-10,12H,5-6,11,13H2,1H3,(H,20,23). The molecule has 142 valence electrons. The van der Waals surface area contributed by atoms with E-state index in [9.17, 15) is 18.0 Å². The van der Waals surface area contributed by atoms with Crippen molar-refractivity contribution < 1.29 is 22.7 Å². The van der Waals surface area contributed by atoms with Crippen LogP contribution in [0, 0.1) is 0 Å². The summed E-state index contributed by atoms with van der Waals surface area (Å²) in [7, 11) is -3.69. The molecule has 0 saturated carbocycles. The van der Waals surface area contributed by atoms with Crippen LogP contribution >= 0.6 is 0 Å². The molecule has 1 heterocycles. The maximum atomic E-state index is 13.0. The summed E-state index contributed by atoms with van der Waals surface area (Å²) >= 11 is 0. The van der Waals surface area contributed by atoms with Crippen molar-refractivity contribution in [2.75, 3.05) is 22.8 Å². The maximum Gasteiger partial charge on any atom is 0.303 e. The first-order valence-corrected chi connectivity index (χ1v) is 9.96. The summed E-state index contributed by atoms with van der Waals surface area (Å²) in [6, 6.07) is 13.4. The molecule has 0 bridgehead atoms. The fourth-order valence-corrected chi connectivity index (χ4v) is 4.51. The Morgan fingerprint density at radius 3 is 2.59 bits per heavy atom. The lowest BCUT2D eigenvalue weighted by molar-refractivity contribution is -0.144. The number of rotatable bonds is 5. The topological polar surface area (TPSA) is 92.8 Å². The number of sulfonamides is 1. The number of hydrogen-bond acceptors (Lipinski definition) is 5. The van der Waals surface area contributed by atoms with Crippen LogP contribution in [0.2, 0.25) is 0 Å². The van der Waals surface area contributed by atoms with E-state index in [1.165, 1.54) is 11.2 Å². The lowest BCUT2D eigenvalue weighted by Crippen LogP contribution is -2.35. The Morgan fingerprint density at radius 2 is 1.89 bits per heavy atom. The molecule has 27 heavy (non-hydrogen) atoms. The van der Waals surface area contributed by atoms with Gasteiger partial charge in [0, 0.05) is 19.2 Å². The first-order valence-electron chi connectivity index (χ1n) is 8.52. The van der Waals surface area contributed by atoms with E-state index in [1.807, 2.05) is 6.07 Å². The van der Waals surface area contributed by atoms with Crippen LogP contribution in [0.25, 0.3) is 0 Å². The summed E-state index contributed by atoms with van der Waals surface area (Å²) in [5.74, 6) is -1.03. The van der Waals surface area contributed by atoms with Crippen LogP contribution in [-0.4, -0.2) is 33.4 Å². The number of nitrogens with one attached hydrogen (secondary N) is 1. The quantitative estimate of drug-likeness (QED) is 0.794. The van der Waals surface area contributed by atoms with E-state index in [2.05, 4.69) is 10.1 Å². The Labute approximate surface area is 158 Å². The van der Waals surface area contributed by atoms with Crippen LogP contribution in [0.1, 0.15) is 18.9 Å². The lowest BCUT2D eigenvalue weighted by Gasteiger charge is -2.31. The molecule has 0 atom stereocenters. The van der Waals surface area contributed by atoms with E-state index in [0.29, 0.717) is 17.9 Å². The number of esters is 1. The third kappa shape index (κ3) is 4.28. The number of carbonyl (C=O) groups excluding carboxylic acids is 2. The first kappa shape index (κ1) is 18.9. The molecule has 0 aliphatic carbocycles. The zero-order chi connectivity index (χ0) is 19.4. The molecule has 3 rings (SSSR count). The Kier molecular flexibility index (Phi) is 5.46. The van der Waals surface area contributed by atoms with Crippen molar-refractivity contribution in [1.29, 1.82) is 0 Å². The number of fused-ring (bicyclic) bond motifs is 1. The third-order valence-corrected chi connectivity index (χ3v) is 6.01. The lowest BCUT2D eigenvalue weighted by atomic mass is 10.0. The Bertz CT molecular complexity index is 957. The molecule has 0 spiro atoms. The van der Waals surface area contributed by atoms with Crippen LogP contribution in [0.15, 0.2) is 53.4 Å². The minimum Gasteiger partial charge on any atom is -0.456 e. The number of benzene rings is 2. The average molecular weight is 388 g/mol. The molecule has 1 aliphatic rings. The molecule has 0 fully saturated rings. The summed E-state index contributed by atoms with van der Waals surface area (Å²) in [5.41, 5.74) is 1.90. The molecule has 0 saturated heterocycles. The van der Waals surface area contributed by atoms with Gasteiger partial charge in [-0.15, -0.1) is 0 Å². The zero-order valence-electron chi connectivity index (χ0n) is 14.8. The van der Waals surface area contributed by atoms with Gasteiger partial charge in [-0.2, -0.15) is 0 Å². The van der Waals surface area contributed by atoms with Crippen molar-refractivity contribution in [2.45, 2.75) is 24.7 Å².